The van der Waals surface area contributed by atoms with Gasteiger partial charge in [-0.25, -0.2) is 0 Å². The Labute approximate surface area is 150 Å². The van der Waals surface area contributed by atoms with Crippen LogP contribution in [0.4, 0.5) is 0 Å². The minimum Gasteiger partial charge on any atom is -0.380 e. The number of ether oxygens (including phenoxy) is 1. The summed E-state index contributed by atoms with van der Waals surface area (Å²) in [5.74, 6) is -0.237. The van der Waals surface area contributed by atoms with Gasteiger partial charge in [0.05, 0.1) is 13.2 Å². The van der Waals surface area contributed by atoms with Crippen molar-refractivity contribution in [1.82, 2.24) is 0 Å². The number of rotatable bonds is 8. The highest BCUT2D eigenvalue weighted by Crippen LogP contribution is 2.20. The van der Waals surface area contributed by atoms with Crippen LogP contribution in [-0.2, 0) is 11.2 Å². The zero-order valence-corrected chi connectivity index (χ0v) is 14.7. The number of carbonyl (C=O) groups excluding carboxylic acids is 1. The number of aliphatic hydroxyl groups is 1. The molecule has 0 radical (unpaired) electrons. The Morgan fingerprint density at radius 2 is 1.60 bits per heavy atom. The largest absolute Gasteiger partial charge is 0.380 e. The van der Waals surface area contributed by atoms with Crippen molar-refractivity contribution in [1.29, 1.82) is 0 Å². The molecule has 0 bridgehead atoms. The summed E-state index contributed by atoms with van der Waals surface area (Å²) < 4.78 is 4.90. The zero-order valence-electron chi connectivity index (χ0n) is 14.7. The Morgan fingerprint density at radius 3 is 2.16 bits per heavy atom. The lowest BCUT2D eigenvalue weighted by atomic mass is 9.95. The quantitative estimate of drug-likeness (QED) is 0.437. The lowest BCUT2D eigenvalue weighted by Gasteiger charge is -2.12. The Balaban J connectivity index is 0.000000381. The molecule has 0 spiro atoms. The maximum absolute atomic E-state index is 12.3. The molecule has 3 nitrogen and oxygen atoms in total. The highest BCUT2D eigenvalue weighted by atomic mass is 16.5. The molecule has 0 aliphatic rings. The summed E-state index contributed by atoms with van der Waals surface area (Å²) >= 11 is 0. The van der Waals surface area contributed by atoms with E-state index in [1.807, 2.05) is 43.3 Å². The van der Waals surface area contributed by atoms with E-state index in [0.717, 1.165) is 12.0 Å². The van der Waals surface area contributed by atoms with Crippen LogP contribution in [0.1, 0.15) is 34.5 Å². The van der Waals surface area contributed by atoms with E-state index in [0.29, 0.717) is 24.3 Å². The molecule has 0 aliphatic heterocycles. The number of carbonyl (C=O) groups is 1. The monoisotopic (exact) mass is 338 g/mol. The molecule has 2 rings (SSSR count). The predicted molar refractivity (Wildman–Crippen MR) is 103 cm³/mol. The topological polar surface area (TPSA) is 46.5 Å². The number of hydrogen-bond donors (Lipinski definition) is 1. The molecule has 132 valence electrons. The van der Waals surface area contributed by atoms with Crippen LogP contribution in [0, 0.1) is 0 Å². The van der Waals surface area contributed by atoms with Gasteiger partial charge in [0.1, 0.15) is 6.10 Å². The number of aryl methyl sites for hydroxylation is 1. The molecule has 2 aromatic rings. The summed E-state index contributed by atoms with van der Waals surface area (Å²) in [4.78, 5) is 12.3. The van der Waals surface area contributed by atoms with Gasteiger partial charge in [-0.2, -0.15) is 0 Å². The van der Waals surface area contributed by atoms with Gasteiger partial charge in [-0.15, -0.1) is 13.2 Å². The van der Waals surface area contributed by atoms with Crippen LogP contribution in [0.2, 0.25) is 0 Å². The molecule has 1 unspecified atom stereocenters. The highest BCUT2D eigenvalue weighted by molar-refractivity contribution is 6.01. The minimum absolute atomic E-state index is 0.237. The second kappa shape index (κ2) is 12.0. The molecule has 0 amide bonds. The van der Waals surface area contributed by atoms with Crippen molar-refractivity contribution in [3.05, 3.63) is 96.6 Å². The molecule has 0 saturated carbocycles. The van der Waals surface area contributed by atoms with Gasteiger partial charge in [-0.05, 0) is 17.5 Å². The van der Waals surface area contributed by atoms with E-state index in [1.54, 1.807) is 30.4 Å². The average molecular weight is 338 g/mol. The minimum atomic E-state index is -1.08. The number of aliphatic hydroxyl groups excluding tert-OH is 1. The van der Waals surface area contributed by atoms with Crippen LogP contribution in [0.25, 0.3) is 0 Å². The van der Waals surface area contributed by atoms with Crippen molar-refractivity contribution in [2.45, 2.75) is 19.4 Å². The fraction of sp³-hybridized carbons (Fsp3) is 0.227. The number of hydrogen-bond acceptors (Lipinski definition) is 3. The van der Waals surface area contributed by atoms with Crippen molar-refractivity contribution < 1.29 is 14.6 Å². The summed E-state index contributed by atoms with van der Waals surface area (Å²) in [6, 6.07) is 16.4. The zero-order chi connectivity index (χ0) is 18.5. The smallest absolute Gasteiger partial charge is 0.196 e. The summed E-state index contributed by atoms with van der Waals surface area (Å²) in [6.07, 6.45) is 3.12. The van der Waals surface area contributed by atoms with Crippen molar-refractivity contribution in [2.75, 3.05) is 13.2 Å². The standard InChI is InChI=1S/C16H16O2.C6H10O/c1-2-12-8-6-7-11-14(12)16(18)15(17)13-9-4-3-5-10-13;1-3-5-7-6-4-2/h3-11,15,17H,2H2,1H3;3-4H,1-2,5-6H2. The fourth-order valence-electron chi connectivity index (χ4n) is 2.24. The molecule has 0 saturated heterocycles. The first-order chi connectivity index (χ1) is 12.2. The van der Waals surface area contributed by atoms with Gasteiger partial charge in [0, 0.05) is 5.56 Å². The van der Waals surface area contributed by atoms with Gasteiger partial charge in [-0.3, -0.25) is 4.79 Å². The van der Waals surface area contributed by atoms with Gasteiger partial charge >= 0.3 is 0 Å². The van der Waals surface area contributed by atoms with E-state index >= 15 is 0 Å². The lowest BCUT2D eigenvalue weighted by Crippen LogP contribution is -2.14. The highest BCUT2D eigenvalue weighted by Gasteiger charge is 2.20. The van der Waals surface area contributed by atoms with Crippen LogP contribution < -0.4 is 0 Å². The van der Waals surface area contributed by atoms with E-state index in [9.17, 15) is 9.90 Å². The summed E-state index contributed by atoms with van der Waals surface area (Å²) in [5, 5.41) is 10.1. The Morgan fingerprint density at radius 1 is 1.04 bits per heavy atom. The molecule has 0 heterocycles. The maximum Gasteiger partial charge on any atom is 0.196 e. The third-order valence-electron chi connectivity index (χ3n) is 3.50. The van der Waals surface area contributed by atoms with Crippen LogP contribution in [0.5, 0.6) is 0 Å². The van der Waals surface area contributed by atoms with E-state index < -0.39 is 6.10 Å². The summed E-state index contributed by atoms with van der Waals surface area (Å²) in [7, 11) is 0. The lowest BCUT2D eigenvalue weighted by molar-refractivity contribution is 0.0746. The van der Waals surface area contributed by atoms with Crippen molar-refractivity contribution in [2.24, 2.45) is 0 Å². The van der Waals surface area contributed by atoms with E-state index in [2.05, 4.69) is 13.2 Å². The average Bonchev–Trinajstić information content (AvgIpc) is 2.68. The molecule has 3 heteroatoms. The normalized spacial score (nSPS) is 11.0. The van der Waals surface area contributed by atoms with Gasteiger partial charge in [-0.1, -0.05) is 73.7 Å². The van der Waals surface area contributed by atoms with Gasteiger partial charge in [0.15, 0.2) is 5.78 Å². The van der Waals surface area contributed by atoms with Crippen LogP contribution >= 0.6 is 0 Å². The maximum atomic E-state index is 12.3. The first-order valence-corrected chi connectivity index (χ1v) is 8.30. The molecule has 2 aromatic carbocycles. The first-order valence-electron chi connectivity index (χ1n) is 8.30. The number of ketones is 1. The Bertz CT molecular complexity index is 654. The molecule has 0 aromatic heterocycles. The Kier molecular flexibility index (Phi) is 9.83. The van der Waals surface area contributed by atoms with Crippen LogP contribution in [0.3, 0.4) is 0 Å². The second-order valence-electron chi connectivity index (χ2n) is 5.30. The van der Waals surface area contributed by atoms with Crippen molar-refractivity contribution >= 4 is 5.78 Å². The van der Waals surface area contributed by atoms with Crippen molar-refractivity contribution in [3.63, 3.8) is 0 Å². The van der Waals surface area contributed by atoms with E-state index in [-0.39, 0.29) is 5.78 Å². The van der Waals surface area contributed by atoms with Gasteiger partial charge in [0.2, 0.25) is 0 Å². The Hall–Kier alpha value is -2.49. The van der Waals surface area contributed by atoms with Crippen LogP contribution in [0.15, 0.2) is 79.9 Å². The summed E-state index contributed by atoms with van der Waals surface area (Å²) in [6.45, 7) is 10.2. The number of benzene rings is 2. The van der Waals surface area contributed by atoms with Crippen molar-refractivity contribution in [3.8, 4) is 0 Å². The molecule has 0 aliphatic carbocycles. The molecule has 25 heavy (non-hydrogen) atoms. The molecular formula is C22H26O3. The molecule has 0 fully saturated rings. The third kappa shape index (κ3) is 6.87. The SMILES string of the molecule is C=CCOCC=C.CCc1ccccc1C(=O)C(O)c1ccccc1. The fourth-order valence-corrected chi connectivity index (χ4v) is 2.24. The van der Waals surface area contributed by atoms with E-state index in [1.165, 1.54) is 0 Å². The predicted octanol–water partition coefficient (Wildman–Crippen LogP) is 4.54. The van der Waals surface area contributed by atoms with E-state index in [4.69, 9.17) is 4.74 Å². The number of Topliss-reactive ketones (excluding diaryl/α,β-unsaturated/α-hetero) is 1. The second-order valence-corrected chi connectivity index (χ2v) is 5.30. The molecule has 1 atom stereocenters. The third-order valence-corrected chi connectivity index (χ3v) is 3.50. The van der Waals surface area contributed by atoms with Gasteiger partial charge in [0.25, 0.3) is 0 Å². The molecule has 1 N–H and O–H groups in total. The van der Waals surface area contributed by atoms with Crippen LogP contribution in [-0.4, -0.2) is 24.1 Å². The molecular weight excluding hydrogens is 312 g/mol. The summed E-state index contributed by atoms with van der Waals surface area (Å²) in [5.41, 5.74) is 2.21. The first kappa shape index (κ1) is 20.6. The van der Waals surface area contributed by atoms with Gasteiger partial charge < -0.3 is 9.84 Å².